The van der Waals surface area contributed by atoms with E-state index in [9.17, 15) is 13.7 Å². The summed E-state index contributed by atoms with van der Waals surface area (Å²) in [5.41, 5.74) is 0. The minimum Gasteiger partial charge on any atom is -0.323 e. The lowest BCUT2D eigenvalue weighted by atomic mass is 10.5. The van der Waals surface area contributed by atoms with Gasteiger partial charge in [0.25, 0.3) is 4.64 Å². The largest absolute Gasteiger partial charge is 0.360 e. The number of rotatable bonds is 5. The Morgan fingerprint density at radius 2 is 1.12 bits per heavy atom. The highest BCUT2D eigenvalue weighted by Gasteiger charge is 2.70. The van der Waals surface area contributed by atoms with Crippen molar-refractivity contribution in [2.75, 3.05) is 0 Å². The van der Waals surface area contributed by atoms with Crippen molar-refractivity contribution in [3.8, 4) is 0 Å². The molecule has 0 aliphatic carbocycles. The van der Waals surface area contributed by atoms with Gasteiger partial charge in [-0.25, -0.2) is 0 Å². The van der Waals surface area contributed by atoms with Crippen LogP contribution in [0.5, 0.6) is 0 Å². The molecule has 0 saturated carbocycles. The van der Waals surface area contributed by atoms with E-state index in [1.807, 2.05) is 0 Å². The molecular weight excluding hydrogens is 297 g/mol. The van der Waals surface area contributed by atoms with Crippen LogP contribution in [-0.4, -0.2) is 34.0 Å². The van der Waals surface area contributed by atoms with Crippen molar-refractivity contribution in [1.29, 1.82) is 0 Å². The van der Waals surface area contributed by atoms with Crippen molar-refractivity contribution in [3.63, 3.8) is 0 Å². The quantitative estimate of drug-likeness (QED) is 0.300. The average Bonchev–Trinajstić information content (AvgIpc) is 1.96. The van der Waals surface area contributed by atoms with Crippen molar-refractivity contribution in [2.45, 2.75) is 4.64 Å². The van der Waals surface area contributed by atoms with Crippen molar-refractivity contribution in [3.05, 3.63) is 24.8 Å². The van der Waals surface area contributed by atoms with Crippen molar-refractivity contribution in [1.82, 2.24) is 0 Å². The van der Waals surface area contributed by atoms with E-state index >= 15 is 0 Å². The molecule has 0 spiro atoms. The van der Waals surface area contributed by atoms with Gasteiger partial charge in [0, 0.05) is 0 Å². The van der Waals surface area contributed by atoms with Gasteiger partial charge < -0.3 is 29.4 Å². The van der Waals surface area contributed by atoms with E-state index in [0.717, 1.165) is 6.08 Å². The molecule has 0 fully saturated rings. The predicted octanol–water partition coefficient (Wildman–Crippen LogP) is -0.0845. The molecule has 17 heavy (non-hydrogen) atoms. The summed E-state index contributed by atoms with van der Waals surface area (Å²) in [5.74, 6) is 0. The fourth-order valence-electron chi connectivity index (χ4n) is 0.998. The first-order chi connectivity index (χ1) is 7.31. The maximum Gasteiger partial charge on any atom is 0.360 e. The van der Waals surface area contributed by atoms with E-state index in [4.69, 9.17) is 29.4 Å². The van der Waals surface area contributed by atoms with Crippen LogP contribution in [0.1, 0.15) is 0 Å². The molecular formula is C5H11O9P3. The molecule has 6 N–H and O–H groups in total. The Balaban J connectivity index is 6.45. The van der Waals surface area contributed by atoms with Gasteiger partial charge >= 0.3 is 22.8 Å². The molecule has 0 aliphatic heterocycles. The maximum atomic E-state index is 11.1. The average molecular weight is 308 g/mol. The summed E-state index contributed by atoms with van der Waals surface area (Å²) < 4.78 is 29.3. The van der Waals surface area contributed by atoms with Gasteiger partial charge in [0.2, 0.25) is 0 Å². The van der Waals surface area contributed by atoms with Crippen LogP contribution in [0.15, 0.2) is 24.8 Å². The summed E-state index contributed by atoms with van der Waals surface area (Å²) in [7, 11) is -17.5. The first kappa shape index (κ1) is 16.9. The van der Waals surface area contributed by atoms with E-state index in [1.165, 1.54) is 0 Å². The lowest BCUT2D eigenvalue weighted by molar-refractivity contribution is 0.313. The number of allylic oxidation sites excluding steroid dienone is 3. The summed E-state index contributed by atoms with van der Waals surface area (Å²) in [6.07, 6.45) is 1.58. The second-order valence-electron chi connectivity index (χ2n) is 2.91. The van der Waals surface area contributed by atoms with E-state index in [2.05, 4.69) is 6.58 Å². The highest BCUT2D eigenvalue weighted by molar-refractivity contribution is 7.89. The Hall–Kier alpha value is -0.0700. The second-order valence-corrected chi connectivity index (χ2v) is 9.35. The molecule has 100 valence electrons. The Morgan fingerprint density at radius 3 is 1.29 bits per heavy atom. The molecule has 0 aromatic rings. The predicted molar refractivity (Wildman–Crippen MR) is 58.2 cm³/mol. The summed E-state index contributed by atoms with van der Waals surface area (Å²) >= 11 is 0. The molecule has 0 atom stereocenters. The summed E-state index contributed by atoms with van der Waals surface area (Å²) in [4.78, 5) is 53.2. The Morgan fingerprint density at radius 1 is 0.824 bits per heavy atom. The van der Waals surface area contributed by atoms with Crippen LogP contribution in [0.4, 0.5) is 0 Å². The third-order valence-electron chi connectivity index (χ3n) is 1.74. The minimum atomic E-state index is -5.84. The molecule has 0 saturated heterocycles. The zero-order chi connectivity index (χ0) is 14.1. The van der Waals surface area contributed by atoms with Gasteiger partial charge in [-0.1, -0.05) is 18.7 Å². The highest BCUT2D eigenvalue weighted by atomic mass is 31.3. The van der Waals surface area contributed by atoms with Crippen LogP contribution < -0.4 is 0 Å². The minimum absolute atomic E-state index is 0.0856. The van der Waals surface area contributed by atoms with Crippen LogP contribution in [0.3, 0.4) is 0 Å². The third kappa shape index (κ3) is 3.03. The van der Waals surface area contributed by atoms with Gasteiger partial charge in [-0.05, 0) is 6.08 Å². The Labute approximate surface area is 96.0 Å². The van der Waals surface area contributed by atoms with Gasteiger partial charge in [-0.3, -0.25) is 13.7 Å². The van der Waals surface area contributed by atoms with Gasteiger partial charge in [-0.2, -0.15) is 0 Å². The molecule has 0 bridgehead atoms. The normalized spacial score (nSPS) is 15.2. The molecule has 0 rings (SSSR count). The van der Waals surface area contributed by atoms with Crippen molar-refractivity contribution < 1.29 is 43.1 Å². The number of hydrogen-bond acceptors (Lipinski definition) is 3. The van der Waals surface area contributed by atoms with E-state index < -0.39 is 27.4 Å². The maximum absolute atomic E-state index is 11.1. The lowest BCUT2D eigenvalue weighted by Crippen LogP contribution is -2.26. The van der Waals surface area contributed by atoms with E-state index in [0.29, 0.717) is 6.08 Å². The molecule has 0 unspecified atom stereocenters. The van der Waals surface area contributed by atoms with E-state index in [1.54, 1.807) is 0 Å². The second kappa shape index (κ2) is 4.90. The third-order valence-corrected chi connectivity index (χ3v) is 9.45. The number of hydrogen-bond donors (Lipinski definition) is 6. The lowest BCUT2D eigenvalue weighted by Gasteiger charge is -2.31. The first-order valence-corrected chi connectivity index (χ1v) is 8.62. The smallest absolute Gasteiger partial charge is 0.323 e. The van der Waals surface area contributed by atoms with Crippen LogP contribution in [0.25, 0.3) is 0 Å². The Kier molecular flexibility index (Phi) is 4.88. The highest BCUT2D eigenvalue weighted by Crippen LogP contribution is 2.83. The van der Waals surface area contributed by atoms with Gasteiger partial charge in [0.1, 0.15) is 0 Å². The topological polar surface area (TPSA) is 173 Å². The van der Waals surface area contributed by atoms with Gasteiger partial charge in [-0.15, -0.1) is 0 Å². The molecule has 9 nitrogen and oxygen atoms in total. The molecule has 0 aliphatic rings. The fraction of sp³-hybridized carbons (Fsp3) is 0.200. The fourth-order valence-corrected chi connectivity index (χ4v) is 5.91. The zero-order valence-corrected chi connectivity index (χ0v) is 10.9. The van der Waals surface area contributed by atoms with Crippen molar-refractivity contribution >= 4 is 22.8 Å². The Bertz CT molecular complexity index is 406. The van der Waals surface area contributed by atoms with Gasteiger partial charge in [0.05, 0.1) is 0 Å². The van der Waals surface area contributed by atoms with Crippen molar-refractivity contribution in [2.24, 2.45) is 0 Å². The SMILES string of the molecule is C=CC=CC(P(=O)(O)O)(P(=O)(O)O)P(=O)(O)O. The summed E-state index contributed by atoms with van der Waals surface area (Å²) in [5, 5.41) is 0. The molecule has 12 heteroatoms. The summed E-state index contributed by atoms with van der Waals surface area (Å²) in [6, 6.07) is 0. The molecule has 0 aromatic heterocycles. The van der Waals surface area contributed by atoms with Crippen LogP contribution in [0.2, 0.25) is 0 Å². The molecule has 0 amide bonds. The molecule has 0 heterocycles. The van der Waals surface area contributed by atoms with E-state index in [-0.39, 0.29) is 6.08 Å². The van der Waals surface area contributed by atoms with Crippen LogP contribution in [-0.2, 0) is 13.7 Å². The standard InChI is InChI=1S/C5H11O9P3/c1-2-3-4-5(15(6,7)8,16(9,10)11)17(12,13)14/h2-4H,1H2,(H2,6,7,8)(H2,9,10,11)(H2,12,13,14). The molecule has 0 aromatic carbocycles. The van der Waals surface area contributed by atoms with Crippen LogP contribution >= 0.6 is 22.8 Å². The zero-order valence-electron chi connectivity index (χ0n) is 8.19. The molecule has 0 radical (unpaired) electrons. The monoisotopic (exact) mass is 308 g/mol. The summed E-state index contributed by atoms with van der Waals surface area (Å²) in [6.45, 7) is 3.06. The van der Waals surface area contributed by atoms with Gasteiger partial charge in [0.15, 0.2) is 0 Å². The first-order valence-electron chi connectivity index (χ1n) is 3.78. The van der Waals surface area contributed by atoms with Crippen LogP contribution in [0, 0.1) is 0 Å².